The Morgan fingerprint density at radius 1 is 1.60 bits per heavy atom. The molecule has 1 atom stereocenters. The van der Waals surface area contributed by atoms with E-state index in [0.29, 0.717) is 5.56 Å². The molecule has 82 valence electrons. The van der Waals surface area contributed by atoms with Gasteiger partial charge in [-0.05, 0) is 30.7 Å². The van der Waals surface area contributed by atoms with Crippen LogP contribution in [-0.2, 0) is 4.79 Å². The zero-order chi connectivity index (χ0) is 11.4. The Hall–Kier alpha value is -1.03. The van der Waals surface area contributed by atoms with Crippen molar-refractivity contribution in [1.82, 2.24) is 0 Å². The van der Waals surface area contributed by atoms with E-state index in [9.17, 15) is 9.18 Å². The Labute approximate surface area is 92.5 Å². The van der Waals surface area contributed by atoms with Crippen LogP contribution in [0.5, 0.6) is 0 Å². The van der Waals surface area contributed by atoms with Crippen molar-refractivity contribution in [2.24, 2.45) is 0 Å². The normalized spacial score (nSPS) is 12.5. The van der Waals surface area contributed by atoms with Gasteiger partial charge in [0.05, 0.1) is 6.42 Å². The van der Waals surface area contributed by atoms with Gasteiger partial charge >= 0.3 is 5.97 Å². The first-order chi connectivity index (χ1) is 6.99. The summed E-state index contributed by atoms with van der Waals surface area (Å²) < 4.78 is 12.9. The van der Waals surface area contributed by atoms with Crippen LogP contribution in [0.4, 0.5) is 4.39 Å². The van der Waals surface area contributed by atoms with Crippen LogP contribution >= 0.6 is 11.8 Å². The number of halogens is 1. The Morgan fingerprint density at radius 2 is 2.27 bits per heavy atom. The number of aliphatic carboxylic acids is 1. The number of benzene rings is 1. The molecule has 0 bridgehead atoms. The zero-order valence-electron chi connectivity index (χ0n) is 8.66. The summed E-state index contributed by atoms with van der Waals surface area (Å²) in [5, 5.41) is 8.58. The first-order valence-electron chi connectivity index (χ1n) is 4.63. The van der Waals surface area contributed by atoms with Gasteiger partial charge in [0.15, 0.2) is 0 Å². The van der Waals surface area contributed by atoms with E-state index in [0.717, 1.165) is 4.90 Å². The van der Waals surface area contributed by atoms with Crippen LogP contribution in [0.3, 0.4) is 0 Å². The van der Waals surface area contributed by atoms with Crippen LogP contribution in [0.25, 0.3) is 0 Å². The largest absolute Gasteiger partial charge is 0.481 e. The lowest BCUT2D eigenvalue weighted by Crippen LogP contribution is -2.05. The summed E-state index contributed by atoms with van der Waals surface area (Å²) in [6.07, 6.45) is 0.112. The monoisotopic (exact) mass is 228 g/mol. The quantitative estimate of drug-likeness (QED) is 0.805. The van der Waals surface area contributed by atoms with Crippen molar-refractivity contribution in [3.63, 3.8) is 0 Å². The van der Waals surface area contributed by atoms with Crippen molar-refractivity contribution in [3.8, 4) is 0 Å². The summed E-state index contributed by atoms with van der Waals surface area (Å²) in [5.41, 5.74) is 0.586. The highest BCUT2D eigenvalue weighted by molar-refractivity contribution is 8.00. The third-order valence-corrected chi connectivity index (χ3v) is 3.02. The smallest absolute Gasteiger partial charge is 0.304 e. The zero-order valence-corrected chi connectivity index (χ0v) is 9.47. The average Bonchev–Trinajstić information content (AvgIpc) is 2.10. The van der Waals surface area contributed by atoms with Gasteiger partial charge in [-0.15, -0.1) is 11.8 Å². The molecule has 1 aromatic carbocycles. The summed E-state index contributed by atoms with van der Waals surface area (Å²) in [4.78, 5) is 11.4. The summed E-state index contributed by atoms with van der Waals surface area (Å²) >= 11 is 1.45. The lowest BCUT2D eigenvalue weighted by atomic mass is 10.2. The molecule has 2 nitrogen and oxygen atoms in total. The highest BCUT2D eigenvalue weighted by Crippen LogP contribution is 2.26. The van der Waals surface area contributed by atoms with Crippen molar-refractivity contribution in [3.05, 3.63) is 29.6 Å². The SMILES string of the molecule is Cc1cc(SC(C)CC(=O)O)ccc1F. The van der Waals surface area contributed by atoms with Crippen LogP contribution in [0.15, 0.2) is 23.1 Å². The van der Waals surface area contributed by atoms with Gasteiger partial charge in [0, 0.05) is 10.1 Å². The molecular weight excluding hydrogens is 215 g/mol. The molecule has 15 heavy (non-hydrogen) atoms. The fourth-order valence-electron chi connectivity index (χ4n) is 1.21. The molecule has 1 rings (SSSR count). The van der Waals surface area contributed by atoms with Crippen LogP contribution in [0.2, 0.25) is 0 Å². The first kappa shape index (κ1) is 12.0. The highest BCUT2D eigenvalue weighted by atomic mass is 32.2. The third-order valence-electron chi connectivity index (χ3n) is 1.93. The Morgan fingerprint density at radius 3 is 2.80 bits per heavy atom. The van der Waals surface area contributed by atoms with E-state index in [-0.39, 0.29) is 17.5 Å². The number of carbonyl (C=O) groups is 1. The molecular formula is C11H13FO2S. The Bertz CT molecular complexity index is 366. The molecule has 1 N–H and O–H groups in total. The second-order valence-electron chi connectivity index (χ2n) is 3.44. The molecule has 0 radical (unpaired) electrons. The summed E-state index contributed by atoms with van der Waals surface area (Å²) in [5.74, 6) is -1.04. The molecule has 0 amide bonds. The van der Waals surface area contributed by atoms with E-state index in [2.05, 4.69) is 0 Å². The highest BCUT2D eigenvalue weighted by Gasteiger charge is 2.09. The molecule has 0 aliphatic rings. The van der Waals surface area contributed by atoms with Gasteiger partial charge in [-0.2, -0.15) is 0 Å². The van der Waals surface area contributed by atoms with Crippen molar-refractivity contribution in [2.45, 2.75) is 30.4 Å². The van der Waals surface area contributed by atoms with Crippen LogP contribution < -0.4 is 0 Å². The number of thioether (sulfide) groups is 1. The summed E-state index contributed by atoms with van der Waals surface area (Å²) in [6, 6.07) is 4.81. The number of carboxylic acids is 1. The predicted octanol–water partition coefficient (Wildman–Crippen LogP) is 3.09. The molecule has 0 spiro atoms. The van der Waals surface area contributed by atoms with Gasteiger partial charge in [-0.3, -0.25) is 4.79 Å². The molecule has 1 unspecified atom stereocenters. The third kappa shape index (κ3) is 3.91. The predicted molar refractivity (Wildman–Crippen MR) is 58.7 cm³/mol. The van der Waals surface area contributed by atoms with E-state index >= 15 is 0 Å². The number of hydrogen-bond acceptors (Lipinski definition) is 2. The van der Waals surface area contributed by atoms with E-state index in [1.165, 1.54) is 17.8 Å². The van der Waals surface area contributed by atoms with Gasteiger partial charge in [0.1, 0.15) is 5.82 Å². The Kier molecular flexibility index (Phi) is 4.15. The average molecular weight is 228 g/mol. The van der Waals surface area contributed by atoms with Crippen molar-refractivity contribution >= 4 is 17.7 Å². The minimum Gasteiger partial charge on any atom is -0.481 e. The second kappa shape index (κ2) is 5.16. The summed E-state index contributed by atoms with van der Waals surface area (Å²) in [6.45, 7) is 3.54. The lowest BCUT2D eigenvalue weighted by molar-refractivity contribution is -0.136. The van der Waals surface area contributed by atoms with E-state index in [1.807, 2.05) is 6.92 Å². The first-order valence-corrected chi connectivity index (χ1v) is 5.51. The van der Waals surface area contributed by atoms with E-state index in [1.54, 1.807) is 19.1 Å². The maximum Gasteiger partial charge on any atom is 0.304 e. The number of rotatable bonds is 4. The van der Waals surface area contributed by atoms with E-state index < -0.39 is 5.97 Å². The van der Waals surface area contributed by atoms with Crippen LogP contribution in [0, 0.1) is 12.7 Å². The molecule has 1 aromatic rings. The number of carboxylic acid groups (broad SMARTS) is 1. The molecule has 0 saturated heterocycles. The number of hydrogen-bond donors (Lipinski definition) is 1. The molecule has 0 heterocycles. The molecule has 4 heteroatoms. The van der Waals surface area contributed by atoms with Crippen LogP contribution in [0.1, 0.15) is 18.9 Å². The number of aryl methyl sites for hydroxylation is 1. The molecule has 0 aromatic heterocycles. The fourth-order valence-corrected chi connectivity index (χ4v) is 2.29. The molecule has 0 aliphatic heterocycles. The van der Waals surface area contributed by atoms with Gasteiger partial charge in [-0.1, -0.05) is 6.92 Å². The Balaban J connectivity index is 2.64. The maximum atomic E-state index is 12.9. The van der Waals surface area contributed by atoms with Crippen molar-refractivity contribution in [2.75, 3.05) is 0 Å². The van der Waals surface area contributed by atoms with Gasteiger partial charge in [0.25, 0.3) is 0 Å². The standard InChI is InChI=1S/C11H13FO2S/c1-7-5-9(3-4-10(7)12)15-8(2)6-11(13)14/h3-5,8H,6H2,1-2H3,(H,13,14). The molecule has 0 aliphatic carbocycles. The fraction of sp³-hybridized carbons (Fsp3) is 0.364. The van der Waals surface area contributed by atoms with E-state index in [4.69, 9.17) is 5.11 Å². The molecule has 0 fully saturated rings. The minimum absolute atomic E-state index is 0.00707. The van der Waals surface area contributed by atoms with Gasteiger partial charge in [-0.25, -0.2) is 4.39 Å². The molecule has 0 saturated carbocycles. The van der Waals surface area contributed by atoms with Crippen molar-refractivity contribution < 1.29 is 14.3 Å². The maximum absolute atomic E-state index is 12.9. The van der Waals surface area contributed by atoms with Crippen LogP contribution in [-0.4, -0.2) is 16.3 Å². The van der Waals surface area contributed by atoms with Gasteiger partial charge < -0.3 is 5.11 Å². The second-order valence-corrected chi connectivity index (χ2v) is 4.95. The minimum atomic E-state index is -0.811. The van der Waals surface area contributed by atoms with Gasteiger partial charge in [0.2, 0.25) is 0 Å². The van der Waals surface area contributed by atoms with Crippen molar-refractivity contribution in [1.29, 1.82) is 0 Å². The topological polar surface area (TPSA) is 37.3 Å². The lowest BCUT2D eigenvalue weighted by Gasteiger charge is -2.08. The summed E-state index contributed by atoms with van der Waals surface area (Å²) in [7, 11) is 0.